The van der Waals surface area contributed by atoms with Crippen molar-refractivity contribution in [3.8, 4) is 5.75 Å². The zero-order valence-electron chi connectivity index (χ0n) is 14.3. The Balaban J connectivity index is 1.89. The van der Waals surface area contributed by atoms with Crippen LogP contribution in [0.15, 0.2) is 41.5 Å². The summed E-state index contributed by atoms with van der Waals surface area (Å²) in [5.74, 6) is 0.313. The van der Waals surface area contributed by atoms with Crippen LogP contribution >= 0.6 is 0 Å². The molecule has 0 aliphatic heterocycles. The lowest BCUT2D eigenvalue weighted by Crippen LogP contribution is -2.25. The highest BCUT2D eigenvalue weighted by atomic mass is 16.6. The van der Waals surface area contributed by atoms with Crippen molar-refractivity contribution in [2.75, 3.05) is 6.61 Å². The Labute approximate surface area is 145 Å². The van der Waals surface area contributed by atoms with E-state index in [1.54, 1.807) is 12.1 Å². The first-order chi connectivity index (χ1) is 11.9. The summed E-state index contributed by atoms with van der Waals surface area (Å²) in [6.07, 6.45) is 1.41. The summed E-state index contributed by atoms with van der Waals surface area (Å²) >= 11 is 0. The molecule has 0 fully saturated rings. The largest absolute Gasteiger partial charge is 0.483 e. The van der Waals surface area contributed by atoms with Crippen LogP contribution in [0.2, 0.25) is 0 Å². The SMILES string of the molecule is Cc1ccc(C)c(OCC(=O)N/N=C\c2ccc([N+](=O)[O-])cc2)c1C. The van der Waals surface area contributed by atoms with Gasteiger partial charge in [-0.05, 0) is 55.2 Å². The molecule has 0 atom stereocenters. The molecule has 7 nitrogen and oxygen atoms in total. The average molecular weight is 341 g/mol. The first-order valence-electron chi connectivity index (χ1n) is 7.64. The summed E-state index contributed by atoms with van der Waals surface area (Å²) in [4.78, 5) is 21.9. The van der Waals surface area contributed by atoms with Crippen molar-refractivity contribution in [3.63, 3.8) is 0 Å². The molecule has 2 aromatic rings. The van der Waals surface area contributed by atoms with Crippen LogP contribution in [0, 0.1) is 30.9 Å². The number of nitrogens with one attached hydrogen (secondary N) is 1. The number of ether oxygens (including phenoxy) is 1. The second-order valence-corrected chi connectivity index (χ2v) is 5.58. The van der Waals surface area contributed by atoms with E-state index in [0.717, 1.165) is 16.7 Å². The Kier molecular flexibility index (Phi) is 5.84. The molecule has 0 bridgehead atoms. The Morgan fingerprint density at radius 3 is 2.44 bits per heavy atom. The first-order valence-corrected chi connectivity index (χ1v) is 7.64. The van der Waals surface area contributed by atoms with Crippen LogP contribution in [-0.4, -0.2) is 23.7 Å². The van der Waals surface area contributed by atoms with Gasteiger partial charge in [0, 0.05) is 12.1 Å². The van der Waals surface area contributed by atoms with Gasteiger partial charge in [-0.25, -0.2) is 5.43 Å². The summed E-state index contributed by atoms with van der Waals surface area (Å²) < 4.78 is 5.59. The number of hydrazone groups is 1. The number of non-ortho nitro benzene ring substituents is 1. The van der Waals surface area contributed by atoms with E-state index in [1.807, 2.05) is 32.9 Å². The number of nitrogens with zero attached hydrogens (tertiary/aromatic N) is 2. The van der Waals surface area contributed by atoms with Crippen LogP contribution < -0.4 is 10.2 Å². The number of aryl methyl sites for hydroxylation is 2. The molecule has 0 radical (unpaired) electrons. The standard InChI is InChI=1S/C18H19N3O4/c1-12-4-5-13(2)18(14(12)3)25-11-17(22)20-19-10-15-6-8-16(9-7-15)21(23)24/h4-10H,11H2,1-3H3,(H,20,22)/b19-10-. The van der Waals surface area contributed by atoms with E-state index < -0.39 is 10.8 Å². The summed E-state index contributed by atoms with van der Waals surface area (Å²) in [5.41, 5.74) is 6.06. The van der Waals surface area contributed by atoms with Crippen molar-refractivity contribution >= 4 is 17.8 Å². The van der Waals surface area contributed by atoms with Crippen molar-refractivity contribution in [3.05, 3.63) is 68.8 Å². The maximum atomic E-state index is 11.8. The minimum atomic E-state index is -0.477. The van der Waals surface area contributed by atoms with Gasteiger partial charge in [-0.3, -0.25) is 14.9 Å². The Morgan fingerprint density at radius 1 is 1.16 bits per heavy atom. The molecule has 0 heterocycles. The zero-order chi connectivity index (χ0) is 18.4. The molecule has 0 spiro atoms. The third kappa shape index (κ3) is 4.87. The third-order valence-electron chi connectivity index (χ3n) is 3.73. The number of benzene rings is 2. The number of nitro benzene ring substituents is 1. The molecule has 130 valence electrons. The van der Waals surface area contributed by atoms with Gasteiger partial charge >= 0.3 is 0 Å². The molecule has 1 N–H and O–H groups in total. The fourth-order valence-corrected chi connectivity index (χ4v) is 2.18. The van der Waals surface area contributed by atoms with Gasteiger partial charge in [-0.15, -0.1) is 0 Å². The monoisotopic (exact) mass is 341 g/mol. The van der Waals surface area contributed by atoms with Gasteiger partial charge in [0.05, 0.1) is 11.1 Å². The van der Waals surface area contributed by atoms with Crippen molar-refractivity contribution in [1.29, 1.82) is 0 Å². The fourth-order valence-electron chi connectivity index (χ4n) is 2.18. The van der Waals surface area contributed by atoms with E-state index in [1.165, 1.54) is 18.3 Å². The van der Waals surface area contributed by atoms with Gasteiger partial charge < -0.3 is 4.74 Å². The molecule has 0 saturated heterocycles. The molecule has 7 heteroatoms. The molecule has 0 saturated carbocycles. The van der Waals surface area contributed by atoms with Crippen molar-refractivity contribution < 1.29 is 14.5 Å². The van der Waals surface area contributed by atoms with Gasteiger partial charge in [-0.2, -0.15) is 5.10 Å². The number of hydrogen-bond acceptors (Lipinski definition) is 5. The third-order valence-corrected chi connectivity index (χ3v) is 3.73. The number of carbonyl (C=O) groups is 1. The summed E-state index contributed by atoms with van der Waals surface area (Å²) in [6.45, 7) is 5.70. The van der Waals surface area contributed by atoms with E-state index in [-0.39, 0.29) is 12.3 Å². The zero-order valence-corrected chi connectivity index (χ0v) is 14.3. The van der Waals surface area contributed by atoms with Crippen LogP contribution in [0.5, 0.6) is 5.75 Å². The average Bonchev–Trinajstić information content (AvgIpc) is 2.59. The summed E-state index contributed by atoms with van der Waals surface area (Å²) in [5, 5.41) is 14.4. The Bertz CT molecular complexity index is 814. The molecular formula is C18H19N3O4. The van der Waals surface area contributed by atoms with Crippen LogP contribution in [0.25, 0.3) is 0 Å². The number of hydrogen-bond donors (Lipinski definition) is 1. The van der Waals surface area contributed by atoms with Crippen LogP contribution in [0.1, 0.15) is 22.3 Å². The number of carbonyl (C=O) groups excluding carboxylic acids is 1. The van der Waals surface area contributed by atoms with Crippen molar-refractivity contribution in [2.24, 2.45) is 5.10 Å². The molecule has 2 rings (SSSR count). The van der Waals surface area contributed by atoms with Crippen LogP contribution in [-0.2, 0) is 4.79 Å². The lowest BCUT2D eigenvalue weighted by molar-refractivity contribution is -0.384. The molecule has 25 heavy (non-hydrogen) atoms. The first kappa shape index (κ1) is 18.1. The van der Waals surface area contributed by atoms with Gasteiger partial charge in [0.2, 0.25) is 0 Å². The maximum absolute atomic E-state index is 11.8. The number of amides is 1. The highest BCUT2D eigenvalue weighted by Crippen LogP contribution is 2.25. The van der Waals surface area contributed by atoms with Gasteiger partial charge in [0.1, 0.15) is 5.75 Å². The second-order valence-electron chi connectivity index (χ2n) is 5.58. The van der Waals surface area contributed by atoms with Crippen molar-refractivity contribution in [1.82, 2.24) is 5.43 Å². The van der Waals surface area contributed by atoms with Crippen LogP contribution in [0.3, 0.4) is 0 Å². The fraction of sp³-hybridized carbons (Fsp3) is 0.222. The van der Waals surface area contributed by atoms with E-state index in [2.05, 4.69) is 10.5 Å². The minimum Gasteiger partial charge on any atom is -0.483 e. The van der Waals surface area contributed by atoms with E-state index in [9.17, 15) is 14.9 Å². The quantitative estimate of drug-likeness (QED) is 0.496. The van der Waals surface area contributed by atoms with Crippen LogP contribution in [0.4, 0.5) is 5.69 Å². The summed E-state index contributed by atoms with van der Waals surface area (Å²) in [7, 11) is 0. The highest BCUT2D eigenvalue weighted by molar-refractivity contribution is 5.83. The number of rotatable bonds is 6. The molecule has 0 aliphatic rings. The van der Waals surface area contributed by atoms with Gasteiger partial charge in [0.25, 0.3) is 11.6 Å². The molecule has 2 aromatic carbocycles. The molecular weight excluding hydrogens is 322 g/mol. The summed E-state index contributed by atoms with van der Waals surface area (Å²) in [6, 6.07) is 9.78. The lowest BCUT2D eigenvalue weighted by atomic mass is 10.1. The normalized spacial score (nSPS) is 10.7. The predicted octanol–water partition coefficient (Wildman–Crippen LogP) is 3.05. The molecule has 1 amide bonds. The Hall–Kier alpha value is -3.22. The van der Waals surface area contributed by atoms with E-state index in [4.69, 9.17) is 4.74 Å². The highest BCUT2D eigenvalue weighted by Gasteiger charge is 2.09. The lowest BCUT2D eigenvalue weighted by Gasteiger charge is -2.13. The van der Waals surface area contributed by atoms with E-state index >= 15 is 0 Å². The predicted molar refractivity (Wildman–Crippen MR) is 95.0 cm³/mol. The molecule has 0 unspecified atom stereocenters. The second kappa shape index (κ2) is 8.05. The minimum absolute atomic E-state index is 0.00141. The van der Waals surface area contributed by atoms with Gasteiger partial charge in [0.15, 0.2) is 6.61 Å². The maximum Gasteiger partial charge on any atom is 0.277 e. The molecule has 0 aliphatic carbocycles. The smallest absolute Gasteiger partial charge is 0.277 e. The van der Waals surface area contributed by atoms with Gasteiger partial charge in [-0.1, -0.05) is 12.1 Å². The van der Waals surface area contributed by atoms with E-state index in [0.29, 0.717) is 11.3 Å². The topological polar surface area (TPSA) is 93.8 Å². The molecule has 0 aromatic heterocycles. The van der Waals surface area contributed by atoms with Crippen molar-refractivity contribution in [2.45, 2.75) is 20.8 Å². The Morgan fingerprint density at radius 2 is 1.80 bits per heavy atom. The number of nitro groups is 1.